The van der Waals surface area contributed by atoms with Crippen molar-refractivity contribution in [2.75, 3.05) is 13.7 Å². The maximum Gasteiger partial charge on any atom is 0.330 e. The minimum atomic E-state index is -1.00. The van der Waals surface area contributed by atoms with Crippen molar-refractivity contribution in [2.45, 2.75) is 19.4 Å². The lowest BCUT2D eigenvalue weighted by atomic mass is 10.00. The summed E-state index contributed by atoms with van der Waals surface area (Å²) in [7, 11) is 1.21. The van der Waals surface area contributed by atoms with Crippen LogP contribution >= 0.6 is 0 Å². The van der Waals surface area contributed by atoms with Crippen LogP contribution in [0.25, 0.3) is 0 Å². The smallest absolute Gasteiger partial charge is 0.330 e. The van der Waals surface area contributed by atoms with E-state index in [1.54, 1.807) is 6.92 Å². The summed E-state index contributed by atoms with van der Waals surface area (Å²) in [6.07, 6.45) is 0.575. The molecule has 1 rings (SSSR count). The van der Waals surface area contributed by atoms with Gasteiger partial charge in [0.25, 0.3) is 0 Å². The summed E-state index contributed by atoms with van der Waals surface area (Å²) in [6.45, 7) is 1.30. The molecule has 0 heterocycles. The van der Waals surface area contributed by atoms with Crippen LogP contribution in [-0.4, -0.2) is 36.7 Å². The van der Waals surface area contributed by atoms with Gasteiger partial charge in [-0.2, -0.15) is 0 Å². The van der Waals surface area contributed by atoms with E-state index in [0.717, 1.165) is 5.56 Å². The first kappa shape index (κ1) is 15.2. The minimum absolute atomic E-state index is 0.284. The van der Waals surface area contributed by atoms with Crippen LogP contribution in [0.1, 0.15) is 12.5 Å². The second kappa shape index (κ2) is 7.53. The largest absolute Gasteiger partial charge is 0.467 e. The number of hydrogen-bond acceptors (Lipinski definition) is 4. The molecular formula is C14H19NO4. The number of hydrogen-bond donors (Lipinski definition) is 2. The monoisotopic (exact) mass is 265 g/mol. The summed E-state index contributed by atoms with van der Waals surface area (Å²) < 4.78 is 4.49. The van der Waals surface area contributed by atoms with E-state index in [4.69, 9.17) is 5.11 Å². The molecule has 0 fully saturated rings. The molecule has 1 aromatic rings. The third-order valence-electron chi connectivity index (χ3n) is 2.82. The number of methoxy groups -OCH3 is 1. The minimum Gasteiger partial charge on any atom is -0.467 e. The lowest BCUT2D eigenvalue weighted by Gasteiger charge is -2.17. The topological polar surface area (TPSA) is 75.6 Å². The summed E-state index contributed by atoms with van der Waals surface area (Å²) in [5, 5.41) is 11.5. The molecule has 0 saturated heterocycles. The number of aliphatic hydroxyl groups excluding tert-OH is 1. The van der Waals surface area contributed by atoms with E-state index in [1.165, 1.54) is 7.11 Å². The third-order valence-corrected chi connectivity index (χ3v) is 2.82. The van der Waals surface area contributed by atoms with E-state index in [1.807, 2.05) is 30.3 Å². The number of nitrogens with one attached hydrogen (secondary N) is 1. The zero-order chi connectivity index (χ0) is 14.3. The molecule has 0 radical (unpaired) electrons. The number of esters is 1. The zero-order valence-corrected chi connectivity index (χ0v) is 11.1. The molecule has 0 aliphatic carbocycles. The lowest BCUT2D eigenvalue weighted by molar-refractivity contribution is -0.146. The fourth-order valence-corrected chi connectivity index (χ4v) is 1.70. The Kier molecular flexibility index (Phi) is 6.02. The van der Waals surface area contributed by atoms with Crippen molar-refractivity contribution >= 4 is 11.9 Å². The van der Waals surface area contributed by atoms with Crippen LogP contribution in [0.15, 0.2) is 30.3 Å². The van der Waals surface area contributed by atoms with Crippen LogP contribution in [0, 0.1) is 5.92 Å². The Morgan fingerprint density at radius 2 is 1.95 bits per heavy atom. The molecular weight excluding hydrogens is 246 g/mol. The molecule has 0 aliphatic heterocycles. The first-order valence-electron chi connectivity index (χ1n) is 6.11. The molecule has 5 nitrogen and oxygen atoms in total. The van der Waals surface area contributed by atoms with Crippen LogP contribution in [0.4, 0.5) is 0 Å². The van der Waals surface area contributed by atoms with Crippen molar-refractivity contribution in [2.24, 2.45) is 5.92 Å². The average molecular weight is 265 g/mol. The highest BCUT2D eigenvalue weighted by Gasteiger charge is 2.23. The van der Waals surface area contributed by atoms with Crippen molar-refractivity contribution in [1.82, 2.24) is 5.32 Å². The van der Waals surface area contributed by atoms with Crippen molar-refractivity contribution in [1.29, 1.82) is 0 Å². The number of carbonyl (C=O) groups is 2. The van der Waals surface area contributed by atoms with Gasteiger partial charge in [0.1, 0.15) is 0 Å². The highest BCUT2D eigenvalue weighted by atomic mass is 16.5. The van der Waals surface area contributed by atoms with E-state index in [0.29, 0.717) is 6.42 Å². The number of benzene rings is 1. The highest BCUT2D eigenvalue weighted by molar-refractivity contribution is 5.85. The molecule has 2 N–H and O–H groups in total. The van der Waals surface area contributed by atoms with Gasteiger partial charge in [-0.15, -0.1) is 0 Å². The number of carbonyl (C=O) groups excluding carboxylic acids is 2. The van der Waals surface area contributed by atoms with Crippen molar-refractivity contribution in [3.8, 4) is 0 Å². The molecule has 0 aliphatic rings. The zero-order valence-electron chi connectivity index (χ0n) is 11.1. The van der Waals surface area contributed by atoms with Gasteiger partial charge >= 0.3 is 5.97 Å². The SMILES string of the molecule is COC(=O)C(CO)NC(=O)C(C)Cc1ccccc1. The van der Waals surface area contributed by atoms with E-state index in [2.05, 4.69) is 10.1 Å². The Balaban J connectivity index is 2.55. The van der Waals surface area contributed by atoms with Crippen LogP contribution in [0.3, 0.4) is 0 Å². The summed E-state index contributed by atoms with van der Waals surface area (Å²) in [5.74, 6) is -1.22. The molecule has 2 atom stereocenters. The van der Waals surface area contributed by atoms with Crippen molar-refractivity contribution in [3.63, 3.8) is 0 Å². The van der Waals surface area contributed by atoms with E-state index >= 15 is 0 Å². The van der Waals surface area contributed by atoms with Crippen LogP contribution < -0.4 is 5.32 Å². The summed E-state index contributed by atoms with van der Waals surface area (Å²) in [5.41, 5.74) is 1.05. The second-order valence-electron chi connectivity index (χ2n) is 4.36. The second-order valence-corrected chi connectivity index (χ2v) is 4.36. The Labute approximate surface area is 112 Å². The maximum atomic E-state index is 11.9. The molecule has 0 saturated carbocycles. The lowest BCUT2D eigenvalue weighted by Crippen LogP contribution is -2.46. The van der Waals surface area contributed by atoms with E-state index < -0.39 is 18.6 Å². The molecule has 19 heavy (non-hydrogen) atoms. The van der Waals surface area contributed by atoms with Crippen LogP contribution in [0.2, 0.25) is 0 Å². The Bertz CT molecular complexity index is 419. The average Bonchev–Trinajstić information content (AvgIpc) is 2.44. The van der Waals surface area contributed by atoms with Gasteiger partial charge in [-0.25, -0.2) is 4.79 Å². The van der Waals surface area contributed by atoms with Crippen LogP contribution in [0.5, 0.6) is 0 Å². The van der Waals surface area contributed by atoms with Gasteiger partial charge in [0.15, 0.2) is 6.04 Å². The Hall–Kier alpha value is -1.88. The summed E-state index contributed by atoms with van der Waals surface area (Å²) >= 11 is 0. The number of aliphatic hydroxyl groups is 1. The van der Waals surface area contributed by atoms with E-state index in [9.17, 15) is 9.59 Å². The third kappa shape index (κ3) is 4.71. The van der Waals surface area contributed by atoms with Gasteiger partial charge in [-0.1, -0.05) is 37.3 Å². The summed E-state index contributed by atoms with van der Waals surface area (Å²) in [4.78, 5) is 23.2. The van der Waals surface area contributed by atoms with Gasteiger partial charge < -0.3 is 15.2 Å². The molecule has 1 amide bonds. The Morgan fingerprint density at radius 1 is 1.32 bits per heavy atom. The number of ether oxygens (including phenoxy) is 1. The summed E-state index contributed by atoms with van der Waals surface area (Å²) in [6, 6.07) is 8.60. The number of amides is 1. The van der Waals surface area contributed by atoms with E-state index in [-0.39, 0.29) is 11.8 Å². The van der Waals surface area contributed by atoms with Crippen molar-refractivity contribution in [3.05, 3.63) is 35.9 Å². The predicted octanol–water partition coefficient (Wildman–Crippen LogP) is 0.515. The van der Waals surface area contributed by atoms with Crippen LogP contribution in [-0.2, 0) is 20.7 Å². The fraction of sp³-hybridized carbons (Fsp3) is 0.429. The van der Waals surface area contributed by atoms with Gasteiger partial charge in [0.2, 0.25) is 5.91 Å². The standard InChI is InChI=1S/C14H19NO4/c1-10(8-11-6-4-3-5-7-11)13(17)15-12(9-16)14(18)19-2/h3-7,10,12,16H,8-9H2,1-2H3,(H,15,17). The van der Waals surface area contributed by atoms with Gasteiger partial charge in [0, 0.05) is 5.92 Å². The Morgan fingerprint density at radius 3 is 2.47 bits per heavy atom. The first-order valence-corrected chi connectivity index (χ1v) is 6.11. The molecule has 2 unspecified atom stereocenters. The van der Waals surface area contributed by atoms with Crippen molar-refractivity contribution < 1.29 is 19.4 Å². The molecule has 104 valence electrons. The quantitative estimate of drug-likeness (QED) is 0.735. The molecule has 0 bridgehead atoms. The van der Waals surface area contributed by atoms with Gasteiger partial charge in [-0.05, 0) is 12.0 Å². The molecule has 1 aromatic carbocycles. The predicted molar refractivity (Wildman–Crippen MR) is 70.3 cm³/mol. The molecule has 5 heteroatoms. The maximum absolute atomic E-state index is 11.9. The molecule has 0 spiro atoms. The first-order chi connectivity index (χ1) is 9.08. The normalized spacial score (nSPS) is 13.4. The molecule has 0 aromatic heterocycles. The fourth-order valence-electron chi connectivity index (χ4n) is 1.70. The van der Waals surface area contributed by atoms with Gasteiger partial charge in [-0.3, -0.25) is 4.79 Å². The van der Waals surface area contributed by atoms with Gasteiger partial charge in [0.05, 0.1) is 13.7 Å². The number of rotatable bonds is 6. The highest BCUT2D eigenvalue weighted by Crippen LogP contribution is 2.08.